The number of halogens is 1. The van der Waals surface area contributed by atoms with E-state index in [-0.39, 0.29) is 48.4 Å². The summed E-state index contributed by atoms with van der Waals surface area (Å²) in [5.41, 5.74) is 7.98. The highest BCUT2D eigenvalue weighted by Gasteiger charge is 2.50. The van der Waals surface area contributed by atoms with E-state index in [1.807, 2.05) is 50.2 Å². The number of carbonyl (C=O) groups excluding carboxylic acids is 4. The summed E-state index contributed by atoms with van der Waals surface area (Å²) in [6.07, 6.45) is 8.51. The molecule has 5 aliphatic heterocycles. The number of hydrazine groups is 1. The van der Waals surface area contributed by atoms with Gasteiger partial charge >= 0.3 is 12.1 Å². The number of pyridine rings is 1. The van der Waals surface area contributed by atoms with Crippen LogP contribution < -0.4 is 15.6 Å². The maximum absolute atomic E-state index is 17.1. The number of aromatic nitrogens is 3. The smallest absolute Gasteiger partial charge is 0.410 e. The first-order chi connectivity index (χ1) is 36.7. The minimum absolute atomic E-state index is 0.0599. The second kappa shape index (κ2) is 22.1. The lowest BCUT2D eigenvalue weighted by atomic mass is 9.86. The fourth-order valence-corrected chi connectivity index (χ4v) is 13.8. The molecule has 5 fully saturated rings. The summed E-state index contributed by atoms with van der Waals surface area (Å²) in [5, 5.41) is 7.92. The molecule has 1 spiro atoms. The third-order valence-corrected chi connectivity index (χ3v) is 18.1. The Kier molecular flexibility index (Phi) is 15.8. The molecule has 6 bridgehead atoms. The van der Waals surface area contributed by atoms with E-state index in [4.69, 9.17) is 24.2 Å². The summed E-state index contributed by atoms with van der Waals surface area (Å²) >= 11 is 1.33. The van der Waals surface area contributed by atoms with E-state index < -0.39 is 40.9 Å². The molecule has 4 saturated heterocycles. The van der Waals surface area contributed by atoms with Crippen LogP contribution in [0.15, 0.2) is 29.8 Å². The van der Waals surface area contributed by atoms with Crippen LogP contribution in [0.1, 0.15) is 122 Å². The molecule has 1 aliphatic carbocycles. The van der Waals surface area contributed by atoms with Crippen LogP contribution in [0.25, 0.3) is 33.4 Å². The SMILES string of the molecule is CCc1c(-c2cc(N3CCN(C)CC3)cnc2[C@H](C)OC)n2c3cc(c(F)cc13)-c1csc(n1)C[C@H](NC(=O)[C@H](C1CCCC1)N1CC[C@]3(CCN(C(=O)OC(C)(C)C)C3)C1)C(=O)N1CCC[C@H](N1)C(=O)OCC(C)(C)C2. The summed E-state index contributed by atoms with van der Waals surface area (Å²) in [6, 6.07) is 3.43. The molecule has 77 heavy (non-hydrogen) atoms. The number of fused-ring (bicyclic) bond motifs is 6. The summed E-state index contributed by atoms with van der Waals surface area (Å²) in [7, 11) is 3.82. The summed E-state index contributed by atoms with van der Waals surface area (Å²) in [6.45, 7) is 20.8. The number of methoxy groups -OCH3 is 1. The second-order valence-electron chi connectivity index (χ2n) is 24.7. The number of likely N-dealkylation sites (N-methyl/N-ethyl adjacent to an activating group) is 1. The van der Waals surface area contributed by atoms with Gasteiger partial charge in [0.1, 0.15) is 23.5 Å². The Morgan fingerprint density at radius 3 is 2.45 bits per heavy atom. The van der Waals surface area contributed by atoms with Gasteiger partial charge in [-0.05, 0) is 116 Å². The fourth-order valence-electron chi connectivity index (χ4n) is 13.0. The Balaban J connectivity index is 1.01. The molecule has 1 saturated carbocycles. The van der Waals surface area contributed by atoms with Crippen molar-refractivity contribution in [2.75, 3.05) is 84.6 Å². The second-order valence-corrected chi connectivity index (χ2v) is 25.7. The zero-order chi connectivity index (χ0) is 54.6. The van der Waals surface area contributed by atoms with Gasteiger partial charge in [0.05, 0.1) is 52.7 Å². The molecule has 3 aromatic heterocycles. The van der Waals surface area contributed by atoms with Crippen molar-refractivity contribution in [1.82, 2.24) is 45.0 Å². The number of nitrogens with zero attached hydrogens (tertiary/aromatic N) is 8. The number of rotatable bonds is 9. The number of hydrogen-bond donors (Lipinski definition) is 2. The monoisotopic (exact) mass is 1080 g/mol. The topological polar surface area (TPSA) is 167 Å². The van der Waals surface area contributed by atoms with Crippen molar-refractivity contribution in [3.05, 3.63) is 51.9 Å². The Morgan fingerprint density at radius 2 is 1.73 bits per heavy atom. The number of aryl methyl sites for hydroxylation is 1. The van der Waals surface area contributed by atoms with E-state index in [1.54, 1.807) is 13.2 Å². The van der Waals surface area contributed by atoms with Crippen molar-refractivity contribution in [3.63, 3.8) is 0 Å². The maximum Gasteiger partial charge on any atom is 0.410 e. The average molecular weight is 1080 g/mol. The van der Waals surface area contributed by atoms with E-state index in [0.29, 0.717) is 74.8 Å². The van der Waals surface area contributed by atoms with E-state index >= 15 is 9.18 Å². The van der Waals surface area contributed by atoms with E-state index in [1.165, 1.54) is 16.3 Å². The van der Waals surface area contributed by atoms with Gasteiger partial charge in [-0.3, -0.25) is 29.3 Å². The molecule has 2 N–H and O–H groups in total. The maximum atomic E-state index is 17.1. The van der Waals surface area contributed by atoms with E-state index in [0.717, 1.165) is 104 Å². The van der Waals surface area contributed by atoms with Gasteiger partial charge in [0.15, 0.2) is 0 Å². The van der Waals surface area contributed by atoms with Crippen LogP contribution in [0.3, 0.4) is 0 Å². The number of cyclic esters (lactones) is 1. The molecule has 0 radical (unpaired) electrons. The van der Waals surface area contributed by atoms with Crippen molar-refractivity contribution in [3.8, 4) is 22.5 Å². The largest absolute Gasteiger partial charge is 0.464 e. The number of nitrogens with one attached hydrogen (secondary N) is 2. The van der Waals surface area contributed by atoms with Gasteiger partial charge in [-0.1, -0.05) is 33.6 Å². The zero-order valence-corrected chi connectivity index (χ0v) is 47.7. The molecular formula is C58H81FN10O7S. The number of likely N-dealkylation sites (tertiary alicyclic amines) is 2. The van der Waals surface area contributed by atoms with Crippen molar-refractivity contribution < 1.29 is 37.8 Å². The number of amides is 3. The summed E-state index contributed by atoms with van der Waals surface area (Å²) in [4.78, 5) is 76.5. The first-order valence-corrected chi connectivity index (χ1v) is 29.1. The molecule has 8 heterocycles. The Hall–Kier alpha value is -5.21. The lowest BCUT2D eigenvalue weighted by Gasteiger charge is -2.37. The highest BCUT2D eigenvalue weighted by Crippen LogP contribution is 2.45. The molecular weight excluding hydrogens is 1000 g/mol. The van der Waals surface area contributed by atoms with Crippen LogP contribution in [-0.4, -0.2) is 162 Å². The normalized spacial score (nSPS) is 24.9. The molecule has 0 unspecified atom stereocenters. The predicted molar refractivity (Wildman–Crippen MR) is 296 cm³/mol. The van der Waals surface area contributed by atoms with Gasteiger partial charge in [-0.15, -0.1) is 11.3 Å². The molecule has 17 nitrogen and oxygen atoms in total. The Bertz CT molecular complexity index is 2850. The highest BCUT2D eigenvalue weighted by molar-refractivity contribution is 7.10. The van der Waals surface area contributed by atoms with E-state index in [9.17, 15) is 14.4 Å². The van der Waals surface area contributed by atoms with Gasteiger partial charge in [-0.25, -0.2) is 19.6 Å². The number of benzene rings is 1. The Labute approximate surface area is 457 Å². The van der Waals surface area contributed by atoms with Gasteiger partial charge in [0.2, 0.25) is 5.91 Å². The minimum Gasteiger partial charge on any atom is -0.464 e. The van der Waals surface area contributed by atoms with Crippen molar-refractivity contribution in [2.24, 2.45) is 16.7 Å². The third-order valence-electron chi connectivity index (χ3n) is 17.2. The van der Waals surface area contributed by atoms with E-state index in [2.05, 4.69) is 63.9 Å². The first kappa shape index (κ1) is 55.1. The molecule has 5 atom stereocenters. The Morgan fingerprint density at radius 1 is 0.974 bits per heavy atom. The van der Waals surface area contributed by atoms with Crippen molar-refractivity contribution in [2.45, 2.75) is 149 Å². The number of hydrogen-bond acceptors (Lipinski definition) is 14. The minimum atomic E-state index is -1.05. The summed E-state index contributed by atoms with van der Waals surface area (Å²) in [5.74, 6) is -1.37. The first-order valence-electron chi connectivity index (χ1n) is 28.2. The summed E-state index contributed by atoms with van der Waals surface area (Å²) < 4.78 is 37.3. The number of thiazole rings is 1. The molecule has 6 aliphatic rings. The standard InChI is InChI=1S/C58H81FN10O7S/c1-10-39-40-27-43(59)41-28-47(40)68(51(39)42-26-38(30-60-49(42)36(2)74-9)65-24-22-64(8)23-25-65)32-57(6,7)35-75-54(72)44-16-13-19-69(63-44)53(71)45(29-48-61-46(41)31-77-48)62-52(70)50(37-14-11-12-15-37)66-20-17-58(33-66)18-21-67(34-58)55(73)76-56(3,4)5/h26-28,30-31,36-37,44-45,50,63H,10-25,29,32-35H2,1-9H3,(H,62,70)/t36-,44-,45-,50-,58-/m0/s1. The third kappa shape index (κ3) is 11.6. The van der Waals surface area contributed by atoms with Gasteiger partial charge in [-0.2, -0.15) is 0 Å². The number of piperazine rings is 1. The van der Waals surface area contributed by atoms with Crippen LogP contribution in [0.4, 0.5) is 14.9 Å². The van der Waals surface area contributed by atoms with Gasteiger partial charge < -0.3 is 38.8 Å². The molecule has 418 valence electrons. The fraction of sp³-hybridized carbons (Fsp3) is 0.655. The van der Waals surface area contributed by atoms with Crippen molar-refractivity contribution >= 4 is 51.8 Å². The molecule has 3 amide bonds. The molecule has 4 aromatic rings. The van der Waals surface area contributed by atoms with Crippen molar-refractivity contribution in [1.29, 1.82) is 0 Å². The van der Waals surface area contributed by atoms with Gasteiger partial charge in [0.25, 0.3) is 5.91 Å². The molecule has 1 aromatic carbocycles. The average Bonchev–Trinajstić information content (AvgIpc) is 4.41. The highest BCUT2D eigenvalue weighted by atomic mass is 32.1. The van der Waals surface area contributed by atoms with Crippen LogP contribution in [-0.2, 0) is 48.0 Å². The zero-order valence-electron chi connectivity index (χ0n) is 46.8. The van der Waals surface area contributed by atoms with Crippen LogP contribution >= 0.6 is 11.3 Å². The number of esters is 1. The number of anilines is 1. The number of ether oxygens (including phenoxy) is 3. The quantitative estimate of drug-likeness (QED) is 0.155. The lowest BCUT2D eigenvalue weighted by Crippen LogP contribution is -2.62. The molecule has 10 rings (SSSR count). The predicted octanol–water partition coefficient (Wildman–Crippen LogP) is 7.99. The van der Waals surface area contributed by atoms with Gasteiger partial charge in [0, 0.05) is 111 Å². The lowest BCUT2D eigenvalue weighted by molar-refractivity contribution is -0.155. The van der Waals surface area contributed by atoms with Crippen LogP contribution in [0, 0.1) is 22.6 Å². The van der Waals surface area contributed by atoms with Crippen LogP contribution in [0.2, 0.25) is 0 Å². The van der Waals surface area contributed by atoms with Crippen LogP contribution in [0.5, 0.6) is 0 Å². The molecule has 19 heteroatoms. The number of carbonyl (C=O) groups is 4.